The van der Waals surface area contributed by atoms with E-state index in [1.54, 1.807) is 0 Å². The maximum Gasteiger partial charge on any atom is 0.304 e. The van der Waals surface area contributed by atoms with Crippen LogP contribution in [-0.2, 0) is 28.7 Å². The molecule has 0 radical (unpaired) electrons. The Morgan fingerprint density at radius 1 is 1.03 bits per heavy atom. The van der Waals surface area contributed by atoms with E-state index < -0.39 is 59.1 Å². The SMILES string of the molecule is CC(=O)O[C@@](C(C)=O)(C(=O)C(C)=O)C(O)(C(C)=O)C(O)C(O)CO.COc1cc(C=O)ccc1O. The highest BCUT2D eigenvalue weighted by molar-refractivity contribution is 6.45. The number of methoxy groups -OCH3 is 1. The van der Waals surface area contributed by atoms with Crippen LogP contribution in [0.2, 0.25) is 0 Å². The van der Waals surface area contributed by atoms with E-state index in [0.29, 0.717) is 38.4 Å². The van der Waals surface area contributed by atoms with Crippen molar-refractivity contribution < 1.29 is 63.8 Å². The van der Waals surface area contributed by atoms with Gasteiger partial charge in [0, 0.05) is 19.4 Å². The minimum atomic E-state index is -3.50. The first-order chi connectivity index (χ1) is 16.1. The van der Waals surface area contributed by atoms with Crippen LogP contribution in [0.3, 0.4) is 0 Å². The van der Waals surface area contributed by atoms with Crippen LogP contribution < -0.4 is 4.74 Å². The van der Waals surface area contributed by atoms with Gasteiger partial charge in [-0.15, -0.1) is 0 Å². The third-order valence-corrected chi connectivity index (χ3v) is 4.83. The molecule has 0 bridgehead atoms. The molecule has 3 unspecified atom stereocenters. The van der Waals surface area contributed by atoms with Gasteiger partial charge in [-0.05, 0) is 32.0 Å². The lowest BCUT2D eigenvalue weighted by Crippen LogP contribution is -2.76. The second kappa shape index (κ2) is 12.8. The number of carbonyl (C=O) groups excluding carboxylic acids is 6. The summed E-state index contributed by atoms with van der Waals surface area (Å²) >= 11 is 0. The first-order valence-electron chi connectivity index (χ1n) is 9.86. The number of aldehydes is 1. The maximum absolute atomic E-state index is 12.3. The van der Waals surface area contributed by atoms with Crippen molar-refractivity contribution in [1.82, 2.24) is 0 Å². The molecule has 13 nitrogen and oxygen atoms in total. The summed E-state index contributed by atoms with van der Waals surface area (Å²) in [5.74, 6) is -6.96. The molecule has 0 fully saturated rings. The van der Waals surface area contributed by atoms with Gasteiger partial charge in [0.2, 0.25) is 5.60 Å². The molecule has 35 heavy (non-hydrogen) atoms. The molecule has 1 rings (SSSR count). The lowest BCUT2D eigenvalue weighted by molar-refractivity contribution is -0.226. The molecule has 0 aliphatic carbocycles. The van der Waals surface area contributed by atoms with Crippen molar-refractivity contribution in [3.63, 3.8) is 0 Å². The second-order valence-corrected chi connectivity index (χ2v) is 7.28. The number of ketones is 4. The highest BCUT2D eigenvalue weighted by atomic mass is 16.6. The Hall–Kier alpha value is -3.52. The minimum Gasteiger partial charge on any atom is -0.504 e. The summed E-state index contributed by atoms with van der Waals surface area (Å²) in [6.07, 6.45) is -4.11. The fourth-order valence-corrected chi connectivity index (χ4v) is 3.07. The lowest BCUT2D eigenvalue weighted by atomic mass is 9.69. The molecule has 0 saturated carbocycles. The van der Waals surface area contributed by atoms with E-state index in [4.69, 9.17) is 14.9 Å². The zero-order valence-corrected chi connectivity index (χ0v) is 19.7. The summed E-state index contributed by atoms with van der Waals surface area (Å²) in [4.78, 5) is 69.5. The Labute approximate surface area is 199 Å². The lowest BCUT2D eigenvalue weighted by Gasteiger charge is -2.44. The van der Waals surface area contributed by atoms with Crippen LogP contribution in [-0.4, -0.2) is 98.0 Å². The van der Waals surface area contributed by atoms with Gasteiger partial charge >= 0.3 is 5.97 Å². The molecule has 194 valence electrons. The predicted molar refractivity (Wildman–Crippen MR) is 116 cm³/mol. The molecule has 1 aromatic carbocycles. The van der Waals surface area contributed by atoms with E-state index in [1.165, 1.54) is 25.3 Å². The number of carbonyl (C=O) groups is 6. The summed E-state index contributed by atoms with van der Waals surface area (Å²) in [6, 6.07) is 4.41. The quantitative estimate of drug-likeness (QED) is 0.0988. The third kappa shape index (κ3) is 6.54. The minimum absolute atomic E-state index is 0.0399. The Morgan fingerprint density at radius 3 is 1.91 bits per heavy atom. The van der Waals surface area contributed by atoms with E-state index >= 15 is 0 Å². The monoisotopic (exact) mass is 500 g/mol. The molecule has 0 amide bonds. The average Bonchev–Trinajstić information content (AvgIpc) is 2.80. The van der Waals surface area contributed by atoms with Crippen LogP contribution in [0.4, 0.5) is 0 Å². The van der Waals surface area contributed by atoms with Gasteiger partial charge in [-0.1, -0.05) is 0 Å². The van der Waals surface area contributed by atoms with Gasteiger partial charge < -0.3 is 35.0 Å². The van der Waals surface area contributed by atoms with E-state index in [9.17, 15) is 44.1 Å². The Kier molecular flexibility index (Phi) is 11.5. The number of aliphatic hydroxyl groups is 4. The zero-order valence-electron chi connectivity index (χ0n) is 19.7. The summed E-state index contributed by atoms with van der Waals surface area (Å²) < 4.78 is 9.36. The van der Waals surface area contributed by atoms with Gasteiger partial charge in [0.05, 0.1) is 13.7 Å². The average molecular weight is 500 g/mol. The van der Waals surface area contributed by atoms with Crippen LogP contribution in [0, 0.1) is 0 Å². The number of phenols is 1. The molecule has 0 aliphatic heterocycles. The first-order valence-corrected chi connectivity index (χ1v) is 9.86. The Morgan fingerprint density at radius 2 is 1.57 bits per heavy atom. The van der Waals surface area contributed by atoms with Gasteiger partial charge in [0.25, 0.3) is 11.4 Å². The number of hydrogen-bond donors (Lipinski definition) is 5. The van der Waals surface area contributed by atoms with Crippen molar-refractivity contribution in [1.29, 1.82) is 0 Å². The first kappa shape index (κ1) is 31.5. The Balaban J connectivity index is 0.000000867. The van der Waals surface area contributed by atoms with E-state index in [2.05, 4.69) is 4.74 Å². The van der Waals surface area contributed by atoms with Crippen LogP contribution in [0.15, 0.2) is 18.2 Å². The summed E-state index contributed by atoms with van der Waals surface area (Å²) in [6.45, 7) is 1.55. The maximum atomic E-state index is 12.3. The van der Waals surface area contributed by atoms with Gasteiger partial charge in [0.1, 0.15) is 18.5 Å². The van der Waals surface area contributed by atoms with Crippen molar-refractivity contribution in [2.75, 3.05) is 13.7 Å². The molecule has 0 aromatic heterocycles. The van der Waals surface area contributed by atoms with Crippen LogP contribution in [0.5, 0.6) is 11.5 Å². The normalized spacial score (nSPS) is 15.6. The highest BCUT2D eigenvalue weighted by Crippen LogP contribution is 2.35. The number of benzene rings is 1. The number of phenolic OH excluding ortho intramolecular Hbond substituents is 1. The van der Waals surface area contributed by atoms with Crippen molar-refractivity contribution in [3.05, 3.63) is 23.8 Å². The second-order valence-electron chi connectivity index (χ2n) is 7.28. The van der Waals surface area contributed by atoms with Crippen molar-refractivity contribution in [3.8, 4) is 11.5 Å². The number of ether oxygens (including phenoxy) is 2. The topological polar surface area (TPSA) is 222 Å². The molecule has 0 aliphatic rings. The molecule has 4 atom stereocenters. The molecule has 13 heteroatoms. The zero-order chi connectivity index (χ0) is 27.7. The van der Waals surface area contributed by atoms with Crippen LogP contribution in [0.1, 0.15) is 38.1 Å². The van der Waals surface area contributed by atoms with Crippen molar-refractivity contribution >= 4 is 35.4 Å². The van der Waals surface area contributed by atoms with Gasteiger partial charge in [-0.2, -0.15) is 0 Å². The summed E-state index contributed by atoms with van der Waals surface area (Å²) in [5.41, 5.74) is -6.43. The molecular formula is C22H28O13. The number of aliphatic hydroxyl groups excluding tert-OH is 3. The smallest absolute Gasteiger partial charge is 0.304 e. The largest absolute Gasteiger partial charge is 0.504 e. The predicted octanol–water partition coefficient (Wildman–Crippen LogP) is -1.72. The molecule has 1 aromatic rings. The molecular weight excluding hydrogens is 472 g/mol. The summed E-state index contributed by atoms with van der Waals surface area (Å²) in [5, 5.41) is 48.3. The highest BCUT2D eigenvalue weighted by Gasteiger charge is 2.70. The number of aromatic hydroxyl groups is 1. The standard InChI is InChI=1S/C14H20O10.C8H8O3/c1-6(16)11(21)14(8(3)18,24-9(4)19)13(23,7(2)17)12(22)10(20)5-15;1-11-8-4-6(5-9)2-3-7(8)10/h10,12,15,20,22-23H,5H2,1-4H3;2-5,10H,1H3/t10?,12?,13?,14-;/m0./s1. The molecule has 0 spiro atoms. The van der Waals surface area contributed by atoms with E-state index in [-0.39, 0.29) is 5.75 Å². The number of rotatable bonds is 11. The van der Waals surface area contributed by atoms with E-state index in [0.717, 1.165) is 6.92 Å². The Bertz CT molecular complexity index is 986. The fourth-order valence-electron chi connectivity index (χ4n) is 3.07. The third-order valence-electron chi connectivity index (χ3n) is 4.83. The van der Waals surface area contributed by atoms with Crippen molar-refractivity contribution in [2.24, 2.45) is 0 Å². The van der Waals surface area contributed by atoms with Crippen LogP contribution >= 0.6 is 0 Å². The molecule has 0 heterocycles. The van der Waals surface area contributed by atoms with Gasteiger partial charge in [-0.25, -0.2) is 0 Å². The fraction of sp³-hybridized carbons (Fsp3) is 0.455. The van der Waals surface area contributed by atoms with Crippen molar-refractivity contribution in [2.45, 2.75) is 51.1 Å². The summed E-state index contributed by atoms with van der Waals surface area (Å²) in [7, 11) is 1.43. The van der Waals surface area contributed by atoms with Gasteiger partial charge in [0.15, 0.2) is 28.8 Å². The molecule has 5 N–H and O–H groups in total. The number of hydrogen-bond acceptors (Lipinski definition) is 13. The van der Waals surface area contributed by atoms with Crippen LogP contribution in [0.25, 0.3) is 0 Å². The molecule has 0 saturated heterocycles. The number of esters is 1. The van der Waals surface area contributed by atoms with Gasteiger partial charge in [-0.3, -0.25) is 28.8 Å². The number of Topliss-reactive ketones (excluding diaryl/α,β-unsaturated/α-hetero) is 4. The van der Waals surface area contributed by atoms with E-state index in [1.807, 2.05) is 0 Å².